The highest BCUT2D eigenvalue weighted by Gasteiger charge is 2.09. The molecule has 0 aromatic heterocycles. The third-order valence-electron chi connectivity index (χ3n) is 1.88. The first-order valence-corrected chi connectivity index (χ1v) is 4.66. The lowest BCUT2D eigenvalue weighted by atomic mass is 10.1. The van der Waals surface area contributed by atoms with Crippen LogP contribution in [0.1, 0.15) is 24.2 Å². The first-order chi connectivity index (χ1) is 6.61. The van der Waals surface area contributed by atoms with Crippen molar-refractivity contribution in [3.8, 4) is 5.75 Å². The number of phenols is 1. The Hall–Kier alpha value is -1.35. The van der Waals surface area contributed by atoms with Crippen LogP contribution < -0.4 is 5.32 Å². The summed E-state index contributed by atoms with van der Waals surface area (Å²) in [5, 5.41) is 12.4. The number of hydrogen-bond donors (Lipinski definition) is 2. The summed E-state index contributed by atoms with van der Waals surface area (Å²) in [4.78, 5) is 11.5. The fourth-order valence-electron chi connectivity index (χ4n) is 1.10. The van der Waals surface area contributed by atoms with E-state index in [9.17, 15) is 9.90 Å². The van der Waals surface area contributed by atoms with Crippen LogP contribution in [-0.2, 0) is 0 Å². The molecule has 0 spiro atoms. The molecule has 3 heteroatoms. The van der Waals surface area contributed by atoms with Crippen molar-refractivity contribution in [2.45, 2.75) is 19.9 Å². The summed E-state index contributed by atoms with van der Waals surface area (Å²) >= 11 is 0. The Morgan fingerprint density at radius 2 is 2.07 bits per heavy atom. The van der Waals surface area contributed by atoms with Crippen molar-refractivity contribution in [3.63, 3.8) is 0 Å². The van der Waals surface area contributed by atoms with Crippen molar-refractivity contribution < 1.29 is 9.90 Å². The van der Waals surface area contributed by atoms with Crippen molar-refractivity contribution in [1.82, 2.24) is 5.32 Å². The van der Waals surface area contributed by atoms with Gasteiger partial charge in [0, 0.05) is 6.04 Å². The second kappa shape index (κ2) is 4.77. The van der Waals surface area contributed by atoms with E-state index in [1.165, 1.54) is 6.07 Å². The Morgan fingerprint density at radius 3 is 2.64 bits per heavy atom. The fourth-order valence-corrected chi connectivity index (χ4v) is 1.10. The first-order valence-electron chi connectivity index (χ1n) is 4.66. The number of carbonyl (C=O) groups excluding carboxylic acids is 1. The first kappa shape index (κ1) is 10.7. The molecule has 0 unspecified atom stereocenters. The summed E-state index contributed by atoms with van der Waals surface area (Å²) < 4.78 is 0. The molecule has 1 rings (SSSR count). The van der Waals surface area contributed by atoms with Crippen molar-refractivity contribution in [3.05, 3.63) is 29.8 Å². The number of ketones is 1. The molecule has 0 bridgehead atoms. The summed E-state index contributed by atoms with van der Waals surface area (Å²) in [6.45, 7) is 4.20. The van der Waals surface area contributed by atoms with Crippen LogP contribution in [0.25, 0.3) is 0 Å². The minimum Gasteiger partial charge on any atom is -0.507 e. The monoisotopic (exact) mass is 193 g/mol. The summed E-state index contributed by atoms with van der Waals surface area (Å²) in [5.41, 5.74) is 0.376. The summed E-state index contributed by atoms with van der Waals surface area (Å²) in [5.74, 6) is -0.0418. The molecule has 14 heavy (non-hydrogen) atoms. The predicted molar refractivity (Wildman–Crippen MR) is 55.6 cm³/mol. The maximum atomic E-state index is 11.5. The van der Waals surface area contributed by atoms with Gasteiger partial charge in [-0.2, -0.15) is 0 Å². The number of phenolic OH excluding ortho intramolecular Hbond substituents is 1. The lowest BCUT2D eigenvalue weighted by Crippen LogP contribution is -2.29. The van der Waals surface area contributed by atoms with E-state index in [-0.39, 0.29) is 24.1 Å². The molecule has 3 nitrogen and oxygen atoms in total. The summed E-state index contributed by atoms with van der Waals surface area (Å²) in [6.07, 6.45) is 0. The summed E-state index contributed by atoms with van der Waals surface area (Å²) in [6, 6.07) is 6.84. The summed E-state index contributed by atoms with van der Waals surface area (Å²) in [7, 11) is 0. The lowest BCUT2D eigenvalue weighted by molar-refractivity contribution is 0.0986. The highest BCUT2D eigenvalue weighted by atomic mass is 16.3. The van der Waals surface area contributed by atoms with Gasteiger partial charge < -0.3 is 10.4 Å². The van der Waals surface area contributed by atoms with Crippen LogP contribution in [0, 0.1) is 0 Å². The van der Waals surface area contributed by atoms with Gasteiger partial charge in [-0.3, -0.25) is 4.79 Å². The van der Waals surface area contributed by atoms with Gasteiger partial charge in [0.25, 0.3) is 0 Å². The average Bonchev–Trinajstić information content (AvgIpc) is 2.15. The second-order valence-corrected chi connectivity index (χ2v) is 3.48. The molecule has 0 saturated heterocycles. The van der Waals surface area contributed by atoms with Gasteiger partial charge >= 0.3 is 0 Å². The van der Waals surface area contributed by atoms with E-state index in [0.717, 1.165) is 0 Å². The topological polar surface area (TPSA) is 49.3 Å². The van der Waals surface area contributed by atoms with E-state index in [0.29, 0.717) is 5.56 Å². The largest absolute Gasteiger partial charge is 0.507 e. The molecule has 0 saturated carbocycles. The number of Topliss-reactive ketones (excluding diaryl/α,β-unsaturated/α-hetero) is 1. The zero-order valence-corrected chi connectivity index (χ0v) is 8.45. The van der Waals surface area contributed by atoms with Crippen molar-refractivity contribution in [2.24, 2.45) is 0 Å². The maximum Gasteiger partial charge on any atom is 0.180 e. The SMILES string of the molecule is CC(C)NCC(=O)c1ccccc1O. The van der Waals surface area contributed by atoms with Crippen LogP contribution >= 0.6 is 0 Å². The van der Waals surface area contributed by atoms with E-state index < -0.39 is 0 Å². The number of rotatable bonds is 4. The van der Waals surface area contributed by atoms with Crippen LogP contribution in [0.3, 0.4) is 0 Å². The number of benzene rings is 1. The van der Waals surface area contributed by atoms with Crippen molar-refractivity contribution >= 4 is 5.78 Å². The van der Waals surface area contributed by atoms with Crippen LogP contribution in [0.2, 0.25) is 0 Å². The normalized spacial score (nSPS) is 10.5. The van der Waals surface area contributed by atoms with Gasteiger partial charge in [0.1, 0.15) is 5.75 Å². The van der Waals surface area contributed by atoms with Gasteiger partial charge in [-0.15, -0.1) is 0 Å². The molecule has 2 N–H and O–H groups in total. The van der Waals surface area contributed by atoms with Crippen LogP contribution in [0.5, 0.6) is 5.75 Å². The van der Waals surface area contributed by atoms with Gasteiger partial charge in [0.05, 0.1) is 12.1 Å². The minimum atomic E-state index is -0.0863. The van der Waals surface area contributed by atoms with Gasteiger partial charge in [-0.25, -0.2) is 0 Å². The number of aromatic hydroxyl groups is 1. The van der Waals surface area contributed by atoms with E-state index in [1.54, 1.807) is 18.2 Å². The number of carbonyl (C=O) groups is 1. The average molecular weight is 193 g/mol. The number of hydrogen-bond acceptors (Lipinski definition) is 3. The highest BCUT2D eigenvalue weighted by Crippen LogP contribution is 2.15. The van der Waals surface area contributed by atoms with Crippen molar-refractivity contribution in [2.75, 3.05) is 6.54 Å². The van der Waals surface area contributed by atoms with Crippen LogP contribution in [0.15, 0.2) is 24.3 Å². The number of para-hydroxylation sites is 1. The number of nitrogens with one attached hydrogen (secondary N) is 1. The molecule has 0 aliphatic heterocycles. The van der Waals surface area contributed by atoms with Gasteiger partial charge in [0.2, 0.25) is 0 Å². The standard InChI is InChI=1S/C11H15NO2/c1-8(2)12-7-11(14)9-5-3-4-6-10(9)13/h3-6,8,12-13H,7H2,1-2H3. The van der Waals surface area contributed by atoms with Crippen LogP contribution in [-0.4, -0.2) is 23.5 Å². The molecule has 76 valence electrons. The molecule has 0 heterocycles. The molecule has 0 atom stereocenters. The molecule has 0 radical (unpaired) electrons. The third-order valence-corrected chi connectivity index (χ3v) is 1.88. The minimum absolute atomic E-state index is 0.0445. The highest BCUT2D eigenvalue weighted by molar-refractivity contribution is 5.99. The second-order valence-electron chi connectivity index (χ2n) is 3.48. The zero-order valence-electron chi connectivity index (χ0n) is 8.45. The van der Waals surface area contributed by atoms with E-state index in [2.05, 4.69) is 5.32 Å². The van der Waals surface area contributed by atoms with E-state index in [4.69, 9.17) is 0 Å². The zero-order chi connectivity index (χ0) is 10.6. The Balaban J connectivity index is 2.65. The van der Waals surface area contributed by atoms with Crippen molar-refractivity contribution in [1.29, 1.82) is 0 Å². The Morgan fingerprint density at radius 1 is 1.43 bits per heavy atom. The fraction of sp³-hybridized carbons (Fsp3) is 0.364. The molecule has 1 aromatic rings. The Bertz CT molecular complexity index is 321. The Kier molecular flexibility index (Phi) is 3.65. The predicted octanol–water partition coefficient (Wildman–Crippen LogP) is 1.57. The van der Waals surface area contributed by atoms with Crippen LogP contribution in [0.4, 0.5) is 0 Å². The van der Waals surface area contributed by atoms with Gasteiger partial charge in [-0.05, 0) is 12.1 Å². The molecular weight excluding hydrogens is 178 g/mol. The molecule has 0 aliphatic rings. The van der Waals surface area contributed by atoms with E-state index in [1.807, 2.05) is 13.8 Å². The smallest absolute Gasteiger partial charge is 0.180 e. The van der Waals surface area contributed by atoms with Gasteiger partial charge in [0.15, 0.2) is 5.78 Å². The van der Waals surface area contributed by atoms with E-state index >= 15 is 0 Å². The lowest BCUT2D eigenvalue weighted by Gasteiger charge is -2.07. The Labute approximate surface area is 83.8 Å². The molecule has 0 amide bonds. The third kappa shape index (κ3) is 2.85. The quantitative estimate of drug-likeness (QED) is 0.714. The molecule has 0 fully saturated rings. The molecule has 0 aliphatic carbocycles. The van der Waals surface area contributed by atoms with Gasteiger partial charge in [-0.1, -0.05) is 26.0 Å². The molecule has 1 aromatic carbocycles. The maximum absolute atomic E-state index is 11.5. The molecular formula is C11H15NO2.